The van der Waals surface area contributed by atoms with Gasteiger partial charge in [-0.05, 0) is 19.1 Å². The number of thiophene rings is 1. The fraction of sp³-hybridized carbons (Fsp3) is 0.273. The van der Waals surface area contributed by atoms with Crippen LogP contribution in [0.5, 0.6) is 0 Å². The monoisotopic (exact) mass is 266 g/mol. The number of aromatic nitrogens is 2. The predicted octanol–water partition coefficient (Wildman–Crippen LogP) is 0.638. The molecule has 2 aromatic rings. The third-order valence-electron chi connectivity index (χ3n) is 2.61. The van der Waals surface area contributed by atoms with E-state index in [1.807, 2.05) is 19.1 Å². The molecule has 0 aromatic carbocycles. The Bertz CT molecular complexity index is 683. The molecule has 0 bridgehead atoms. The van der Waals surface area contributed by atoms with E-state index in [4.69, 9.17) is 5.73 Å². The number of nitrogens with one attached hydrogen (secondary N) is 2. The predicted molar refractivity (Wildman–Crippen MR) is 73.1 cm³/mol. The van der Waals surface area contributed by atoms with Crippen LogP contribution in [-0.2, 0) is 13.6 Å². The molecule has 96 valence electrons. The molecule has 0 saturated heterocycles. The lowest BCUT2D eigenvalue weighted by atomic mass is 10.4. The summed E-state index contributed by atoms with van der Waals surface area (Å²) in [7, 11) is 1.51. The Balaban J connectivity index is 2.27. The van der Waals surface area contributed by atoms with Crippen LogP contribution in [0.3, 0.4) is 0 Å². The highest BCUT2D eigenvalue weighted by atomic mass is 32.1. The summed E-state index contributed by atoms with van der Waals surface area (Å²) in [6.45, 7) is 2.52. The van der Waals surface area contributed by atoms with Crippen molar-refractivity contribution in [1.82, 2.24) is 9.55 Å². The Kier molecular flexibility index (Phi) is 3.24. The van der Waals surface area contributed by atoms with Crippen LogP contribution in [0.15, 0.2) is 21.7 Å². The van der Waals surface area contributed by atoms with Gasteiger partial charge in [-0.25, -0.2) is 4.79 Å². The molecule has 0 aliphatic rings. The number of aromatic amines is 1. The normalized spacial score (nSPS) is 10.6. The number of aryl methyl sites for hydroxylation is 1. The summed E-state index contributed by atoms with van der Waals surface area (Å²) in [5.41, 5.74) is 4.95. The molecule has 0 fully saturated rings. The van der Waals surface area contributed by atoms with Crippen LogP contribution < -0.4 is 22.3 Å². The highest BCUT2D eigenvalue weighted by molar-refractivity contribution is 7.11. The highest BCUT2D eigenvalue weighted by Gasteiger charge is 2.09. The van der Waals surface area contributed by atoms with Crippen LogP contribution in [0.2, 0.25) is 0 Å². The van der Waals surface area contributed by atoms with Crippen molar-refractivity contribution in [3.63, 3.8) is 0 Å². The number of hydrogen-bond donors (Lipinski definition) is 3. The first-order chi connectivity index (χ1) is 8.49. The molecule has 0 radical (unpaired) electrons. The van der Waals surface area contributed by atoms with Crippen LogP contribution in [0.4, 0.5) is 11.5 Å². The minimum atomic E-state index is -0.519. The summed E-state index contributed by atoms with van der Waals surface area (Å²) in [5.74, 6) is 0.136. The van der Waals surface area contributed by atoms with Gasteiger partial charge in [-0.3, -0.25) is 14.3 Å². The zero-order valence-electron chi connectivity index (χ0n) is 10.1. The second kappa shape index (κ2) is 4.69. The van der Waals surface area contributed by atoms with Gasteiger partial charge >= 0.3 is 5.69 Å². The molecule has 2 rings (SSSR count). The quantitative estimate of drug-likeness (QED) is 0.760. The fourth-order valence-electron chi connectivity index (χ4n) is 1.56. The van der Waals surface area contributed by atoms with Crippen molar-refractivity contribution in [2.24, 2.45) is 7.05 Å². The number of hydrogen-bond acceptors (Lipinski definition) is 5. The third kappa shape index (κ3) is 2.30. The maximum Gasteiger partial charge on any atom is 0.329 e. The van der Waals surface area contributed by atoms with E-state index >= 15 is 0 Å². The molecule has 7 heteroatoms. The third-order valence-corrected chi connectivity index (χ3v) is 3.61. The summed E-state index contributed by atoms with van der Waals surface area (Å²) in [6, 6.07) is 4.00. The number of nitrogens with two attached hydrogens (primary N) is 1. The molecule has 2 aromatic heterocycles. The first-order valence-corrected chi connectivity index (χ1v) is 6.18. The summed E-state index contributed by atoms with van der Waals surface area (Å²) in [6.07, 6.45) is 0. The van der Waals surface area contributed by atoms with Gasteiger partial charge in [0.1, 0.15) is 11.5 Å². The van der Waals surface area contributed by atoms with Gasteiger partial charge in [0.15, 0.2) is 0 Å². The van der Waals surface area contributed by atoms with E-state index in [-0.39, 0.29) is 11.5 Å². The van der Waals surface area contributed by atoms with Crippen molar-refractivity contribution in [2.45, 2.75) is 13.5 Å². The molecule has 18 heavy (non-hydrogen) atoms. The van der Waals surface area contributed by atoms with E-state index in [0.717, 1.165) is 4.88 Å². The standard InChI is InChI=1S/C11H14N4O2S/c1-6-3-4-7(18-6)5-13-8-9(12)15(2)11(17)14-10(8)16/h3-4,13H,5,12H2,1-2H3,(H,14,16,17). The molecular weight excluding hydrogens is 252 g/mol. The van der Waals surface area contributed by atoms with Crippen LogP contribution in [0, 0.1) is 6.92 Å². The van der Waals surface area contributed by atoms with E-state index in [9.17, 15) is 9.59 Å². The maximum atomic E-state index is 11.6. The first-order valence-electron chi connectivity index (χ1n) is 5.37. The minimum Gasteiger partial charge on any atom is -0.383 e. The Hall–Kier alpha value is -2.02. The van der Waals surface area contributed by atoms with Crippen LogP contribution in [-0.4, -0.2) is 9.55 Å². The van der Waals surface area contributed by atoms with Gasteiger partial charge in [0.25, 0.3) is 5.56 Å². The number of nitrogens with zero attached hydrogens (tertiary/aromatic N) is 1. The molecule has 0 atom stereocenters. The average molecular weight is 266 g/mol. The summed E-state index contributed by atoms with van der Waals surface area (Å²) in [5, 5.41) is 2.96. The van der Waals surface area contributed by atoms with Gasteiger partial charge in [0, 0.05) is 23.3 Å². The van der Waals surface area contributed by atoms with Crippen LogP contribution in [0.1, 0.15) is 9.75 Å². The van der Waals surface area contributed by atoms with Gasteiger partial charge in [0.2, 0.25) is 0 Å². The minimum absolute atomic E-state index is 0.136. The smallest absolute Gasteiger partial charge is 0.329 e. The van der Waals surface area contributed by atoms with E-state index in [1.54, 1.807) is 11.3 Å². The Morgan fingerprint density at radius 1 is 1.44 bits per heavy atom. The van der Waals surface area contributed by atoms with Gasteiger partial charge in [-0.2, -0.15) is 0 Å². The van der Waals surface area contributed by atoms with Crippen LogP contribution >= 0.6 is 11.3 Å². The number of H-pyrrole nitrogens is 1. The Morgan fingerprint density at radius 2 is 2.17 bits per heavy atom. The van der Waals surface area contributed by atoms with Crippen molar-refractivity contribution in [3.8, 4) is 0 Å². The SMILES string of the molecule is Cc1ccc(CNc2c(N)n(C)c(=O)[nH]c2=O)s1. The van der Waals surface area contributed by atoms with Gasteiger partial charge in [0.05, 0.1) is 0 Å². The Labute approximate surface area is 107 Å². The second-order valence-electron chi connectivity index (χ2n) is 3.94. The fourth-order valence-corrected chi connectivity index (χ4v) is 2.39. The van der Waals surface area contributed by atoms with Gasteiger partial charge < -0.3 is 11.1 Å². The lowest BCUT2D eigenvalue weighted by Gasteiger charge is -2.09. The molecule has 0 amide bonds. The van der Waals surface area contributed by atoms with Crippen LogP contribution in [0.25, 0.3) is 0 Å². The van der Waals surface area contributed by atoms with E-state index < -0.39 is 11.2 Å². The largest absolute Gasteiger partial charge is 0.383 e. The summed E-state index contributed by atoms with van der Waals surface area (Å²) >= 11 is 1.64. The molecule has 0 aliphatic carbocycles. The molecular formula is C11H14N4O2S. The zero-order valence-corrected chi connectivity index (χ0v) is 10.9. The lowest BCUT2D eigenvalue weighted by Crippen LogP contribution is -2.32. The van der Waals surface area contributed by atoms with Gasteiger partial charge in [-0.15, -0.1) is 11.3 Å². The number of rotatable bonds is 3. The van der Waals surface area contributed by atoms with Crippen molar-refractivity contribution >= 4 is 22.8 Å². The van der Waals surface area contributed by atoms with Crippen molar-refractivity contribution in [3.05, 3.63) is 42.7 Å². The van der Waals surface area contributed by atoms with Crippen molar-refractivity contribution in [1.29, 1.82) is 0 Å². The average Bonchev–Trinajstić information content (AvgIpc) is 2.72. The second-order valence-corrected chi connectivity index (χ2v) is 5.32. The lowest BCUT2D eigenvalue weighted by molar-refractivity contribution is 0.813. The van der Waals surface area contributed by atoms with E-state index in [0.29, 0.717) is 6.54 Å². The van der Waals surface area contributed by atoms with E-state index in [2.05, 4.69) is 10.3 Å². The molecule has 0 aliphatic heterocycles. The van der Waals surface area contributed by atoms with Crippen molar-refractivity contribution < 1.29 is 0 Å². The molecule has 0 unspecified atom stereocenters. The first kappa shape index (κ1) is 12.4. The molecule has 0 saturated carbocycles. The Morgan fingerprint density at radius 3 is 2.78 bits per heavy atom. The summed E-state index contributed by atoms with van der Waals surface area (Å²) < 4.78 is 1.20. The highest BCUT2D eigenvalue weighted by Crippen LogP contribution is 2.17. The maximum absolute atomic E-state index is 11.6. The zero-order chi connectivity index (χ0) is 13.3. The number of nitrogen functional groups attached to an aromatic ring is 1. The molecule has 6 nitrogen and oxygen atoms in total. The van der Waals surface area contributed by atoms with Crippen molar-refractivity contribution in [2.75, 3.05) is 11.1 Å². The topological polar surface area (TPSA) is 92.9 Å². The summed E-state index contributed by atoms with van der Waals surface area (Å²) in [4.78, 5) is 27.4. The number of anilines is 2. The molecule has 4 N–H and O–H groups in total. The molecule has 0 spiro atoms. The van der Waals surface area contributed by atoms with E-state index in [1.165, 1.54) is 16.5 Å². The van der Waals surface area contributed by atoms with Gasteiger partial charge in [-0.1, -0.05) is 0 Å². The molecule has 2 heterocycles.